The van der Waals surface area contributed by atoms with Crippen molar-refractivity contribution in [1.82, 2.24) is 0 Å². The number of hydrogen-bond acceptors (Lipinski definition) is 0. The summed E-state index contributed by atoms with van der Waals surface area (Å²) in [5.41, 5.74) is 5.24. The first-order chi connectivity index (χ1) is 9.70. The van der Waals surface area contributed by atoms with E-state index in [0.717, 1.165) is 0 Å². The molecule has 0 fully saturated rings. The summed E-state index contributed by atoms with van der Waals surface area (Å²) in [6.45, 7) is 16.4. The van der Waals surface area contributed by atoms with Gasteiger partial charge in [0.05, 0.1) is 0 Å². The van der Waals surface area contributed by atoms with Crippen molar-refractivity contribution in [1.29, 1.82) is 0 Å². The molecule has 0 spiro atoms. The summed E-state index contributed by atoms with van der Waals surface area (Å²) in [7, 11) is 0. The highest BCUT2D eigenvalue weighted by Gasteiger charge is 2.03. The number of rotatable bonds is 3. The average Bonchev–Trinajstić information content (AvgIpc) is 2.50. The highest BCUT2D eigenvalue weighted by Crippen LogP contribution is 2.24. The van der Waals surface area contributed by atoms with Gasteiger partial charge in [-0.2, -0.15) is 0 Å². The van der Waals surface area contributed by atoms with Gasteiger partial charge in [0, 0.05) is 0 Å². The Hall–Kier alpha value is -1.56. The summed E-state index contributed by atoms with van der Waals surface area (Å²) >= 11 is 0. The minimum Gasteiger partial charge on any atom is -0.0874 e. The Bertz CT molecular complexity index is 431. The summed E-state index contributed by atoms with van der Waals surface area (Å²) in [6, 6.07) is 8.51. The largest absolute Gasteiger partial charge is 0.0874 e. The van der Waals surface area contributed by atoms with Gasteiger partial charge in [0.2, 0.25) is 0 Å². The molecule has 112 valence electrons. The molecule has 0 radical (unpaired) electrons. The molecule has 20 heavy (non-hydrogen) atoms. The maximum absolute atomic E-state index is 2.18. The van der Waals surface area contributed by atoms with Crippen LogP contribution in [0.15, 0.2) is 54.1 Å². The fourth-order valence-corrected chi connectivity index (χ4v) is 1.82. The molecule has 0 aliphatic heterocycles. The summed E-state index contributed by atoms with van der Waals surface area (Å²) in [5, 5.41) is 0. The van der Waals surface area contributed by atoms with Gasteiger partial charge in [-0.05, 0) is 50.0 Å². The standard InChI is InChI=1S/C16H20.2C2H6/c1-5-9-13(3)15(10-6-2)16-12-8-7-11-14(16)4;2*1-2/h5-12H,1-4H3;2*1-2H3/b9-5-,10-6-,15-13+;;. The first-order valence-corrected chi connectivity index (χ1v) is 7.73. The molecule has 0 saturated heterocycles. The lowest BCUT2D eigenvalue weighted by Crippen LogP contribution is -1.88. The Kier molecular flexibility index (Phi) is 14.4. The van der Waals surface area contributed by atoms with E-state index in [1.165, 1.54) is 22.3 Å². The molecule has 0 unspecified atom stereocenters. The van der Waals surface area contributed by atoms with E-state index in [0.29, 0.717) is 0 Å². The zero-order valence-corrected chi connectivity index (χ0v) is 14.6. The molecule has 0 aliphatic carbocycles. The van der Waals surface area contributed by atoms with Crippen LogP contribution in [0.4, 0.5) is 0 Å². The normalized spacial score (nSPS) is 11.4. The molecule has 1 rings (SSSR count). The van der Waals surface area contributed by atoms with Gasteiger partial charge in [-0.3, -0.25) is 0 Å². The predicted molar refractivity (Wildman–Crippen MR) is 96.1 cm³/mol. The molecule has 0 aromatic heterocycles. The van der Waals surface area contributed by atoms with Gasteiger partial charge in [0.1, 0.15) is 0 Å². The Morgan fingerprint density at radius 1 is 0.850 bits per heavy atom. The van der Waals surface area contributed by atoms with Crippen LogP contribution >= 0.6 is 0 Å². The summed E-state index contributed by atoms with van der Waals surface area (Å²) in [4.78, 5) is 0. The third kappa shape index (κ3) is 7.13. The molecule has 0 aliphatic rings. The highest BCUT2D eigenvalue weighted by atomic mass is 14.1. The van der Waals surface area contributed by atoms with E-state index in [2.05, 4.69) is 76.3 Å². The zero-order valence-electron chi connectivity index (χ0n) is 14.6. The van der Waals surface area contributed by atoms with Gasteiger partial charge in [0.25, 0.3) is 0 Å². The van der Waals surface area contributed by atoms with E-state index < -0.39 is 0 Å². The molecule has 0 amide bonds. The molecular formula is C20H32. The van der Waals surface area contributed by atoms with Crippen molar-refractivity contribution < 1.29 is 0 Å². The van der Waals surface area contributed by atoms with Crippen LogP contribution in [0.5, 0.6) is 0 Å². The Morgan fingerprint density at radius 3 is 1.80 bits per heavy atom. The maximum atomic E-state index is 2.18. The third-order valence-electron chi connectivity index (χ3n) is 2.61. The van der Waals surface area contributed by atoms with Crippen molar-refractivity contribution in [2.45, 2.75) is 55.4 Å². The van der Waals surface area contributed by atoms with E-state index in [-0.39, 0.29) is 0 Å². The van der Waals surface area contributed by atoms with E-state index >= 15 is 0 Å². The highest BCUT2D eigenvalue weighted by molar-refractivity contribution is 5.79. The van der Waals surface area contributed by atoms with Crippen LogP contribution in [0.3, 0.4) is 0 Å². The molecule has 0 bridgehead atoms. The molecule has 1 aromatic rings. The van der Waals surface area contributed by atoms with Gasteiger partial charge in [-0.25, -0.2) is 0 Å². The Morgan fingerprint density at radius 2 is 1.35 bits per heavy atom. The fraction of sp³-hybridized carbons (Fsp3) is 0.400. The van der Waals surface area contributed by atoms with E-state index in [4.69, 9.17) is 0 Å². The predicted octanol–water partition coefficient (Wildman–Crippen LogP) is 6.97. The second kappa shape index (κ2) is 13.9. The third-order valence-corrected chi connectivity index (χ3v) is 2.61. The summed E-state index contributed by atoms with van der Waals surface area (Å²) in [5.74, 6) is 0. The molecule has 0 heteroatoms. The molecule has 0 atom stereocenters. The van der Waals surface area contributed by atoms with Crippen LogP contribution in [0.25, 0.3) is 5.57 Å². The van der Waals surface area contributed by atoms with Gasteiger partial charge >= 0.3 is 0 Å². The second-order valence-corrected chi connectivity index (χ2v) is 3.91. The quantitative estimate of drug-likeness (QED) is 0.521. The van der Waals surface area contributed by atoms with Gasteiger partial charge in [-0.1, -0.05) is 76.3 Å². The topological polar surface area (TPSA) is 0 Å². The molecule has 0 N–H and O–H groups in total. The van der Waals surface area contributed by atoms with Crippen molar-refractivity contribution in [2.24, 2.45) is 0 Å². The van der Waals surface area contributed by atoms with Crippen LogP contribution in [-0.2, 0) is 0 Å². The molecule has 0 heterocycles. The van der Waals surface area contributed by atoms with Gasteiger partial charge in [-0.15, -0.1) is 0 Å². The molecule has 0 nitrogen and oxygen atoms in total. The van der Waals surface area contributed by atoms with Crippen molar-refractivity contribution in [2.75, 3.05) is 0 Å². The first-order valence-electron chi connectivity index (χ1n) is 7.73. The zero-order chi connectivity index (χ0) is 16.0. The number of hydrogen-bond donors (Lipinski definition) is 0. The smallest absolute Gasteiger partial charge is 0.0152 e. The lowest BCUT2D eigenvalue weighted by atomic mass is 9.96. The van der Waals surface area contributed by atoms with Crippen molar-refractivity contribution in [3.8, 4) is 0 Å². The minimum atomic E-state index is 1.30. The van der Waals surface area contributed by atoms with Crippen LogP contribution in [0.1, 0.15) is 59.6 Å². The van der Waals surface area contributed by atoms with Crippen molar-refractivity contribution >= 4 is 5.57 Å². The first kappa shape index (κ1) is 20.8. The Balaban J connectivity index is 0. The van der Waals surface area contributed by atoms with E-state index in [1.807, 2.05) is 27.7 Å². The molecule has 1 aromatic carbocycles. The number of benzene rings is 1. The van der Waals surface area contributed by atoms with E-state index in [1.54, 1.807) is 0 Å². The Labute approximate surface area is 126 Å². The van der Waals surface area contributed by atoms with Crippen LogP contribution in [0, 0.1) is 6.92 Å². The van der Waals surface area contributed by atoms with Crippen LogP contribution < -0.4 is 0 Å². The van der Waals surface area contributed by atoms with Crippen LogP contribution in [-0.4, -0.2) is 0 Å². The SMILES string of the molecule is CC.CC.C\C=C/C(C)=C(\C=C/C)c1ccccc1C. The van der Waals surface area contributed by atoms with Gasteiger partial charge in [0.15, 0.2) is 0 Å². The molecule has 0 saturated carbocycles. The van der Waals surface area contributed by atoms with Gasteiger partial charge < -0.3 is 0 Å². The lowest BCUT2D eigenvalue weighted by Gasteiger charge is -2.09. The van der Waals surface area contributed by atoms with E-state index in [9.17, 15) is 0 Å². The molecular weight excluding hydrogens is 240 g/mol. The average molecular weight is 272 g/mol. The van der Waals surface area contributed by atoms with Crippen molar-refractivity contribution in [3.63, 3.8) is 0 Å². The van der Waals surface area contributed by atoms with Crippen molar-refractivity contribution in [3.05, 3.63) is 65.3 Å². The number of allylic oxidation sites excluding steroid dienone is 6. The lowest BCUT2D eigenvalue weighted by molar-refractivity contribution is 1.40. The second-order valence-electron chi connectivity index (χ2n) is 3.91. The summed E-state index contributed by atoms with van der Waals surface area (Å²) in [6.07, 6.45) is 8.51. The monoisotopic (exact) mass is 272 g/mol. The fourth-order valence-electron chi connectivity index (χ4n) is 1.82. The minimum absolute atomic E-state index is 1.30. The maximum Gasteiger partial charge on any atom is -0.0152 e. The summed E-state index contributed by atoms with van der Waals surface area (Å²) < 4.78 is 0. The van der Waals surface area contributed by atoms with Crippen LogP contribution in [0.2, 0.25) is 0 Å². The number of aryl methyl sites for hydroxylation is 1.